The molecule has 0 saturated heterocycles. The van der Waals surface area contributed by atoms with Crippen molar-refractivity contribution in [3.8, 4) is 0 Å². The Labute approximate surface area is 215 Å². The molecular formula is C27H55O5PS. The summed E-state index contributed by atoms with van der Waals surface area (Å²) in [6, 6.07) is 0. The van der Waals surface area contributed by atoms with Crippen molar-refractivity contribution < 1.29 is 23.5 Å². The highest BCUT2D eigenvalue weighted by atomic mass is 32.2. The van der Waals surface area contributed by atoms with Crippen molar-refractivity contribution in [3.05, 3.63) is 0 Å². The van der Waals surface area contributed by atoms with Gasteiger partial charge in [-0.2, -0.15) is 11.8 Å². The summed E-state index contributed by atoms with van der Waals surface area (Å²) in [5.41, 5.74) is -1.48. The third-order valence-corrected chi connectivity index (χ3v) is 9.37. The molecule has 0 spiro atoms. The molecule has 34 heavy (non-hydrogen) atoms. The third kappa shape index (κ3) is 18.3. The molecule has 7 heteroatoms. The minimum Gasteiger partial charge on any atom is -0.472 e. The Morgan fingerprint density at radius 2 is 1.24 bits per heavy atom. The average molecular weight is 523 g/mol. The largest absolute Gasteiger partial charge is 0.472 e. The number of rotatable bonds is 26. The second kappa shape index (κ2) is 23.4. The smallest absolute Gasteiger partial charge is 0.438 e. The monoisotopic (exact) mass is 522 g/mol. The van der Waals surface area contributed by atoms with Crippen LogP contribution in [0.3, 0.4) is 0 Å². The van der Waals surface area contributed by atoms with Crippen molar-refractivity contribution >= 4 is 25.1 Å². The fourth-order valence-electron chi connectivity index (χ4n) is 4.03. The van der Waals surface area contributed by atoms with E-state index in [9.17, 15) is 14.5 Å². The van der Waals surface area contributed by atoms with Crippen molar-refractivity contribution in [2.24, 2.45) is 0 Å². The molecule has 0 amide bonds. The van der Waals surface area contributed by atoms with Gasteiger partial charge in [0.1, 0.15) is 0 Å². The highest BCUT2D eigenvalue weighted by molar-refractivity contribution is 7.99. The number of unbranched alkanes of at least 4 members (excludes halogenated alkanes) is 14. The Morgan fingerprint density at radius 1 is 0.765 bits per heavy atom. The Kier molecular flexibility index (Phi) is 23.4. The second-order valence-corrected chi connectivity index (χ2v) is 12.8. The van der Waals surface area contributed by atoms with Gasteiger partial charge in [-0.3, -0.25) is 4.52 Å². The molecule has 0 rings (SSSR count). The molecule has 0 fully saturated rings. The molecule has 0 aliphatic heterocycles. The van der Waals surface area contributed by atoms with Gasteiger partial charge in [0.2, 0.25) is 0 Å². The number of hydrogen-bond donors (Lipinski definition) is 1. The molecule has 0 aromatic carbocycles. The molecule has 0 aromatic rings. The van der Waals surface area contributed by atoms with Gasteiger partial charge in [-0.15, -0.1) is 0 Å². The SMILES string of the molecule is CCCCCCCCCCCCCSC(CCCCCCC)C(C)OP(=O)(OCCC)C(=O)O. The van der Waals surface area contributed by atoms with Crippen LogP contribution >= 0.6 is 19.4 Å². The van der Waals surface area contributed by atoms with Gasteiger partial charge in [0.15, 0.2) is 0 Å². The maximum absolute atomic E-state index is 12.7. The molecule has 0 heterocycles. The van der Waals surface area contributed by atoms with E-state index >= 15 is 0 Å². The summed E-state index contributed by atoms with van der Waals surface area (Å²) in [4.78, 5) is 11.6. The summed E-state index contributed by atoms with van der Waals surface area (Å²) >= 11 is 1.85. The molecule has 0 radical (unpaired) electrons. The number of carboxylic acid groups (broad SMARTS) is 1. The summed E-state index contributed by atoms with van der Waals surface area (Å²) < 4.78 is 23.5. The molecule has 5 nitrogen and oxygen atoms in total. The topological polar surface area (TPSA) is 72.8 Å². The average Bonchev–Trinajstić information content (AvgIpc) is 2.81. The quantitative estimate of drug-likeness (QED) is 0.0899. The van der Waals surface area contributed by atoms with Gasteiger partial charge in [0, 0.05) is 5.25 Å². The lowest BCUT2D eigenvalue weighted by molar-refractivity contribution is 0.142. The van der Waals surface area contributed by atoms with Crippen LogP contribution in [0.2, 0.25) is 0 Å². The molecule has 3 unspecified atom stereocenters. The first-order valence-corrected chi connectivity index (χ1v) is 16.8. The predicted molar refractivity (Wildman–Crippen MR) is 149 cm³/mol. The minimum atomic E-state index is -4.13. The molecule has 204 valence electrons. The van der Waals surface area contributed by atoms with Crippen LogP contribution in [0.15, 0.2) is 0 Å². The normalized spacial score (nSPS) is 15.2. The Balaban J connectivity index is 4.38. The van der Waals surface area contributed by atoms with Crippen molar-refractivity contribution in [1.82, 2.24) is 0 Å². The minimum absolute atomic E-state index is 0.129. The summed E-state index contributed by atoms with van der Waals surface area (Å²) in [5.74, 6) is 1.04. The van der Waals surface area contributed by atoms with Crippen LogP contribution in [0, 0.1) is 0 Å². The summed E-state index contributed by atoms with van der Waals surface area (Å²) in [6.07, 6.45) is 21.7. The van der Waals surface area contributed by atoms with Crippen LogP contribution in [0.25, 0.3) is 0 Å². The second-order valence-electron chi connectivity index (χ2n) is 9.57. The lowest BCUT2D eigenvalue weighted by atomic mass is 10.1. The standard InChI is InChI=1S/C27H55O5PS/c1-5-8-10-12-13-14-15-16-17-19-21-24-34-26(22-20-18-11-9-6-2)25(4)32-33(30,27(28)29)31-23-7-3/h25-26H,5-24H2,1-4H3,(H,28,29). The van der Waals surface area contributed by atoms with Crippen molar-refractivity contribution in [1.29, 1.82) is 0 Å². The van der Waals surface area contributed by atoms with E-state index in [1.54, 1.807) is 0 Å². The number of hydrogen-bond acceptors (Lipinski definition) is 5. The molecule has 3 atom stereocenters. The lowest BCUT2D eigenvalue weighted by Crippen LogP contribution is -2.25. The van der Waals surface area contributed by atoms with Crippen LogP contribution in [0.5, 0.6) is 0 Å². The van der Waals surface area contributed by atoms with E-state index in [2.05, 4.69) is 13.8 Å². The summed E-state index contributed by atoms with van der Waals surface area (Å²) in [5, 5.41) is 9.57. The zero-order chi connectivity index (χ0) is 25.5. The first kappa shape index (κ1) is 34.0. The predicted octanol–water partition coefficient (Wildman–Crippen LogP) is 10.5. The van der Waals surface area contributed by atoms with E-state index in [1.807, 2.05) is 25.6 Å². The van der Waals surface area contributed by atoms with Gasteiger partial charge >= 0.3 is 13.3 Å². The van der Waals surface area contributed by atoms with Gasteiger partial charge in [0.05, 0.1) is 12.7 Å². The molecule has 0 aliphatic carbocycles. The fourth-order valence-corrected chi connectivity index (χ4v) is 6.72. The number of thioether (sulfide) groups is 1. The Bertz CT molecular complexity index is 517. The maximum atomic E-state index is 12.7. The summed E-state index contributed by atoms with van der Waals surface area (Å²) in [7, 11) is -4.13. The molecule has 0 bridgehead atoms. The third-order valence-electron chi connectivity index (χ3n) is 6.20. The lowest BCUT2D eigenvalue weighted by Gasteiger charge is -2.26. The molecule has 1 N–H and O–H groups in total. The molecular weight excluding hydrogens is 467 g/mol. The zero-order valence-electron chi connectivity index (χ0n) is 22.7. The van der Waals surface area contributed by atoms with Crippen molar-refractivity contribution in [2.75, 3.05) is 12.4 Å². The van der Waals surface area contributed by atoms with E-state index in [0.717, 1.165) is 18.6 Å². The van der Waals surface area contributed by atoms with Crippen LogP contribution in [0.4, 0.5) is 4.79 Å². The van der Waals surface area contributed by atoms with Gasteiger partial charge in [-0.1, -0.05) is 117 Å². The van der Waals surface area contributed by atoms with E-state index in [0.29, 0.717) is 6.42 Å². The number of carbonyl (C=O) groups is 1. The molecule has 0 aromatic heterocycles. The highest BCUT2D eigenvalue weighted by Gasteiger charge is 2.38. The Hall–Kier alpha value is -0.0300. The summed E-state index contributed by atoms with van der Waals surface area (Å²) in [6.45, 7) is 8.32. The highest BCUT2D eigenvalue weighted by Crippen LogP contribution is 2.51. The maximum Gasteiger partial charge on any atom is 0.438 e. The van der Waals surface area contributed by atoms with Gasteiger partial charge < -0.3 is 9.63 Å². The zero-order valence-corrected chi connectivity index (χ0v) is 24.4. The Morgan fingerprint density at radius 3 is 1.71 bits per heavy atom. The van der Waals surface area contributed by atoms with Gasteiger partial charge in [-0.25, -0.2) is 9.36 Å². The van der Waals surface area contributed by atoms with E-state index in [4.69, 9.17) is 9.05 Å². The van der Waals surface area contributed by atoms with Gasteiger partial charge in [-0.05, 0) is 31.9 Å². The first-order chi connectivity index (χ1) is 16.4. The first-order valence-electron chi connectivity index (χ1n) is 14.2. The van der Waals surface area contributed by atoms with Crippen LogP contribution in [-0.2, 0) is 13.6 Å². The molecule has 0 aliphatic rings. The van der Waals surface area contributed by atoms with E-state index in [1.165, 1.54) is 96.3 Å². The van der Waals surface area contributed by atoms with E-state index < -0.39 is 19.4 Å². The van der Waals surface area contributed by atoms with Crippen molar-refractivity contribution in [3.63, 3.8) is 0 Å². The van der Waals surface area contributed by atoms with Crippen LogP contribution < -0.4 is 0 Å². The molecule has 0 saturated carbocycles. The fraction of sp³-hybridized carbons (Fsp3) is 0.963. The van der Waals surface area contributed by atoms with E-state index in [-0.39, 0.29) is 11.9 Å². The van der Waals surface area contributed by atoms with Crippen molar-refractivity contribution in [2.45, 2.75) is 155 Å². The van der Waals surface area contributed by atoms with Crippen LogP contribution in [0.1, 0.15) is 143 Å². The van der Waals surface area contributed by atoms with Gasteiger partial charge in [0.25, 0.3) is 0 Å². The van der Waals surface area contributed by atoms with Crippen LogP contribution in [-0.4, -0.2) is 34.5 Å².